The Morgan fingerprint density at radius 1 is 0.964 bits per heavy atom. The van der Waals surface area contributed by atoms with Crippen molar-refractivity contribution < 1.29 is 9.59 Å². The summed E-state index contributed by atoms with van der Waals surface area (Å²) in [6.07, 6.45) is 1.30. The molecule has 0 aliphatic heterocycles. The molecule has 148 valence electrons. The van der Waals surface area contributed by atoms with Gasteiger partial charge < -0.3 is 16.0 Å². The van der Waals surface area contributed by atoms with Gasteiger partial charge in [-0.05, 0) is 60.5 Å². The van der Waals surface area contributed by atoms with Crippen molar-refractivity contribution in [3.8, 4) is 0 Å². The van der Waals surface area contributed by atoms with Crippen LogP contribution in [0.25, 0.3) is 0 Å². The lowest BCUT2D eigenvalue weighted by atomic mass is 10.1. The predicted molar refractivity (Wildman–Crippen MR) is 119 cm³/mol. The summed E-state index contributed by atoms with van der Waals surface area (Å²) in [4.78, 5) is 23.9. The van der Waals surface area contributed by atoms with E-state index in [2.05, 4.69) is 16.0 Å². The molecule has 7 heteroatoms. The van der Waals surface area contributed by atoms with E-state index < -0.39 is 0 Å². The monoisotopic (exact) mass is 417 g/mol. The Balaban J connectivity index is 1.78. The second-order valence-electron chi connectivity index (χ2n) is 6.82. The fourth-order valence-corrected chi connectivity index (χ4v) is 2.98. The molecular formula is C21H24ClN3O2S. The summed E-state index contributed by atoms with van der Waals surface area (Å²) in [5.74, 6) is 0.104. The lowest BCUT2D eigenvalue weighted by molar-refractivity contribution is -0.119. The number of rotatable bonds is 7. The van der Waals surface area contributed by atoms with Gasteiger partial charge in [0.15, 0.2) is 5.11 Å². The maximum atomic E-state index is 12.1. The normalized spacial score (nSPS) is 10.4. The molecule has 0 aromatic heterocycles. The van der Waals surface area contributed by atoms with Crippen molar-refractivity contribution in [1.82, 2.24) is 5.32 Å². The van der Waals surface area contributed by atoms with Gasteiger partial charge in [-0.25, -0.2) is 0 Å². The second-order valence-corrected chi connectivity index (χ2v) is 7.63. The minimum absolute atomic E-state index is 0.0167. The maximum absolute atomic E-state index is 12.1. The number of benzene rings is 2. The first-order valence-corrected chi connectivity index (χ1v) is 9.86. The van der Waals surface area contributed by atoms with E-state index in [0.29, 0.717) is 29.5 Å². The van der Waals surface area contributed by atoms with Crippen molar-refractivity contribution in [1.29, 1.82) is 0 Å². The average molecular weight is 418 g/mol. The zero-order valence-electron chi connectivity index (χ0n) is 15.9. The van der Waals surface area contributed by atoms with Crippen LogP contribution in [-0.4, -0.2) is 16.9 Å². The number of nitrogens with one attached hydrogen (secondary N) is 3. The van der Waals surface area contributed by atoms with Crippen LogP contribution >= 0.6 is 23.8 Å². The first kappa shape index (κ1) is 21.9. The van der Waals surface area contributed by atoms with Crippen molar-refractivity contribution in [3.63, 3.8) is 0 Å². The van der Waals surface area contributed by atoms with Gasteiger partial charge in [-0.1, -0.05) is 43.6 Å². The second kappa shape index (κ2) is 10.8. The van der Waals surface area contributed by atoms with Gasteiger partial charge in [0.05, 0.1) is 0 Å². The fourth-order valence-electron chi connectivity index (χ4n) is 2.52. The summed E-state index contributed by atoms with van der Waals surface area (Å²) in [7, 11) is 0. The third-order valence-corrected chi connectivity index (χ3v) is 4.43. The molecule has 0 unspecified atom stereocenters. The molecule has 0 spiro atoms. The first-order chi connectivity index (χ1) is 13.3. The van der Waals surface area contributed by atoms with Crippen LogP contribution in [0.15, 0.2) is 48.5 Å². The molecule has 2 aromatic rings. The Kier molecular flexibility index (Phi) is 8.42. The van der Waals surface area contributed by atoms with Crippen LogP contribution in [0.4, 0.5) is 11.4 Å². The van der Waals surface area contributed by atoms with Crippen LogP contribution in [0.2, 0.25) is 5.02 Å². The zero-order chi connectivity index (χ0) is 20.5. The first-order valence-electron chi connectivity index (χ1n) is 9.07. The predicted octanol–water partition coefficient (Wildman–Crippen LogP) is 4.77. The molecule has 28 heavy (non-hydrogen) atoms. The van der Waals surface area contributed by atoms with Crippen LogP contribution < -0.4 is 16.0 Å². The molecule has 2 rings (SSSR count). The quantitative estimate of drug-likeness (QED) is 0.567. The fraction of sp³-hybridized carbons (Fsp3) is 0.286. The van der Waals surface area contributed by atoms with Gasteiger partial charge in [0.25, 0.3) is 0 Å². The molecule has 0 saturated carbocycles. The molecule has 0 bridgehead atoms. The van der Waals surface area contributed by atoms with Crippen LogP contribution in [0.1, 0.15) is 32.3 Å². The molecule has 2 aromatic carbocycles. The van der Waals surface area contributed by atoms with Gasteiger partial charge in [0, 0.05) is 29.2 Å². The molecule has 0 aliphatic rings. The Morgan fingerprint density at radius 2 is 1.57 bits per heavy atom. The topological polar surface area (TPSA) is 70.2 Å². The molecule has 3 N–H and O–H groups in total. The van der Waals surface area contributed by atoms with E-state index in [9.17, 15) is 9.59 Å². The Morgan fingerprint density at radius 3 is 2.18 bits per heavy atom. The van der Waals surface area contributed by atoms with E-state index in [1.165, 1.54) is 0 Å². The van der Waals surface area contributed by atoms with E-state index >= 15 is 0 Å². The zero-order valence-corrected chi connectivity index (χ0v) is 17.5. The van der Waals surface area contributed by atoms with E-state index in [1.54, 1.807) is 30.3 Å². The van der Waals surface area contributed by atoms with Crippen molar-refractivity contribution >= 4 is 52.1 Å². The van der Waals surface area contributed by atoms with Gasteiger partial charge in [0.1, 0.15) is 0 Å². The number of carbonyl (C=O) groups is 2. The van der Waals surface area contributed by atoms with E-state index in [1.807, 2.05) is 32.0 Å². The van der Waals surface area contributed by atoms with Crippen molar-refractivity contribution in [2.24, 2.45) is 5.92 Å². The highest BCUT2D eigenvalue weighted by Crippen LogP contribution is 2.17. The molecule has 0 heterocycles. The van der Waals surface area contributed by atoms with Crippen LogP contribution in [0.5, 0.6) is 0 Å². The van der Waals surface area contributed by atoms with Gasteiger partial charge >= 0.3 is 0 Å². The number of carbonyl (C=O) groups excluding carboxylic acids is 2. The average Bonchev–Trinajstić information content (AvgIpc) is 2.62. The SMILES string of the molecule is CC(C)CC(=O)Nc1ccc(NC(=S)NC(=O)CCc2ccccc2Cl)cc1. The van der Waals surface area contributed by atoms with Gasteiger partial charge in [-0.15, -0.1) is 0 Å². The molecule has 2 amide bonds. The molecule has 0 fully saturated rings. The Hall–Kier alpha value is -2.44. The lowest BCUT2D eigenvalue weighted by Gasteiger charge is -2.11. The van der Waals surface area contributed by atoms with Gasteiger partial charge in [-0.3, -0.25) is 9.59 Å². The summed E-state index contributed by atoms with van der Waals surface area (Å²) < 4.78 is 0. The minimum Gasteiger partial charge on any atom is -0.332 e. The summed E-state index contributed by atoms with van der Waals surface area (Å²) in [5, 5.41) is 9.33. The summed E-state index contributed by atoms with van der Waals surface area (Å²) in [6.45, 7) is 3.99. The third kappa shape index (κ3) is 7.66. The molecular weight excluding hydrogens is 394 g/mol. The highest BCUT2D eigenvalue weighted by atomic mass is 35.5. The van der Waals surface area contributed by atoms with E-state index in [-0.39, 0.29) is 23.3 Å². The Bertz CT molecular complexity index is 838. The van der Waals surface area contributed by atoms with Crippen molar-refractivity contribution in [2.75, 3.05) is 10.6 Å². The van der Waals surface area contributed by atoms with E-state index in [4.69, 9.17) is 23.8 Å². The maximum Gasteiger partial charge on any atom is 0.226 e. The number of amides is 2. The van der Waals surface area contributed by atoms with Crippen LogP contribution in [0, 0.1) is 5.92 Å². The molecule has 0 atom stereocenters. The van der Waals surface area contributed by atoms with E-state index in [0.717, 1.165) is 11.3 Å². The Labute approximate surface area is 175 Å². The minimum atomic E-state index is -0.185. The summed E-state index contributed by atoms with van der Waals surface area (Å²) in [6, 6.07) is 14.6. The van der Waals surface area contributed by atoms with Gasteiger partial charge in [-0.2, -0.15) is 0 Å². The summed E-state index contributed by atoms with van der Waals surface area (Å²) in [5.41, 5.74) is 2.36. The smallest absolute Gasteiger partial charge is 0.226 e. The standard InChI is InChI=1S/C21H24ClN3O2S/c1-14(2)13-20(27)23-16-8-10-17(11-9-16)24-21(28)25-19(26)12-7-15-5-3-4-6-18(15)22/h3-6,8-11,14H,7,12-13H2,1-2H3,(H,23,27)(H2,24,25,26,28). The third-order valence-electron chi connectivity index (χ3n) is 3.85. The molecule has 5 nitrogen and oxygen atoms in total. The van der Waals surface area contributed by atoms with Crippen molar-refractivity contribution in [2.45, 2.75) is 33.1 Å². The molecule has 0 saturated heterocycles. The van der Waals surface area contributed by atoms with Crippen molar-refractivity contribution in [3.05, 3.63) is 59.1 Å². The highest BCUT2D eigenvalue weighted by Gasteiger charge is 2.08. The number of anilines is 2. The number of hydrogen-bond donors (Lipinski definition) is 3. The number of halogens is 1. The summed E-state index contributed by atoms with van der Waals surface area (Å²) >= 11 is 11.3. The van der Waals surface area contributed by atoms with Crippen LogP contribution in [-0.2, 0) is 16.0 Å². The lowest BCUT2D eigenvalue weighted by Crippen LogP contribution is -2.34. The number of hydrogen-bond acceptors (Lipinski definition) is 3. The number of thiocarbonyl (C=S) groups is 1. The molecule has 0 aliphatic carbocycles. The largest absolute Gasteiger partial charge is 0.332 e. The van der Waals surface area contributed by atoms with Crippen LogP contribution in [0.3, 0.4) is 0 Å². The molecule has 0 radical (unpaired) electrons. The number of aryl methyl sites for hydroxylation is 1. The van der Waals surface area contributed by atoms with Gasteiger partial charge in [0.2, 0.25) is 11.8 Å². The highest BCUT2D eigenvalue weighted by molar-refractivity contribution is 7.80.